The van der Waals surface area contributed by atoms with Gasteiger partial charge >= 0.3 is 0 Å². The van der Waals surface area contributed by atoms with Crippen LogP contribution in [0.2, 0.25) is 0 Å². The third-order valence-electron chi connectivity index (χ3n) is 1.66. The first-order valence-corrected chi connectivity index (χ1v) is 4.86. The van der Waals surface area contributed by atoms with Crippen LogP contribution in [0, 0.1) is 0 Å². The molecule has 0 aliphatic carbocycles. The van der Waals surface area contributed by atoms with Crippen LogP contribution in [0.1, 0.15) is 20.8 Å². The van der Waals surface area contributed by atoms with Crippen molar-refractivity contribution in [2.24, 2.45) is 0 Å². The van der Waals surface area contributed by atoms with Crippen molar-refractivity contribution in [1.29, 1.82) is 0 Å². The molecule has 1 aromatic heterocycles. The first-order chi connectivity index (χ1) is 6.58. The molecule has 0 aromatic carbocycles. The molecule has 3 nitrogen and oxygen atoms in total. The molecule has 0 bridgehead atoms. The Morgan fingerprint density at radius 3 is 2.79 bits per heavy atom. The summed E-state index contributed by atoms with van der Waals surface area (Å²) in [6.07, 6.45) is 3.46. The smallest absolute Gasteiger partial charge is 0.137 e. The van der Waals surface area contributed by atoms with E-state index < -0.39 is 0 Å². The lowest BCUT2D eigenvalue weighted by Gasteiger charge is -2.20. The van der Waals surface area contributed by atoms with Gasteiger partial charge in [0.05, 0.1) is 6.20 Å². The predicted octanol–water partition coefficient (Wildman–Crippen LogP) is 1.85. The van der Waals surface area contributed by atoms with E-state index in [9.17, 15) is 0 Å². The second kappa shape index (κ2) is 4.96. The minimum atomic E-state index is 0.151. The monoisotopic (exact) mass is 194 g/mol. The highest BCUT2D eigenvalue weighted by molar-refractivity contribution is 5.15. The summed E-state index contributed by atoms with van der Waals surface area (Å²) in [6, 6.07) is 3.77. The molecule has 0 saturated carbocycles. The Labute approximate surface area is 85.5 Å². The van der Waals surface area contributed by atoms with Crippen LogP contribution >= 0.6 is 0 Å². The Kier molecular flexibility index (Phi) is 3.89. The van der Waals surface area contributed by atoms with Gasteiger partial charge < -0.3 is 10.1 Å². The maximum Gasteiger partial charge on any atom is 0.137 e. The number of aromatic nitrogens is 1. The van der Waals surface area contributed by atoms with Gasteiger partial charge in [0.15, 0.2) is 0 Å². The summed E-state index contributed by atoms with van der Waals surface area (Å²) >= 11 is 0. The lowest BCUT2D eigenvalue weighted by Crippen LogP contribution is -2.38. The van der Waals surface area contributed by atoms with Crippen LogP contribution in [0.3, 0.4) is 0 Å². The van der Waals surface area contributed by atoms with Crippen molar-refractivity contribution in [1.82, 2.24) is 10.3 Å². The SMILES string of the molecule is CC(C)(C)NCCOc1cccnc1. The van der Waals surface area contributed by atoms with Crippen LogP contribution in [-0.2, 0) is 0 Å². The summed E-state index contributed by atoms with van der Waals surface area (Å²) in [5.41, 5.74) is 0.151. The minimum absolute atomic E-state index is 0.151. The summed E-state index contributed by atoms with van der Waals surface area (Å²) in [5, 5.41) is 3.35. The molecule has 0 atom stereocenters. The molecule has 0 aliphatic rings. The van der Waals surface area contributed by atoms with Crippen LogP contribution in [0.4, 0.5) is 0 Å². The van der Waals surface area contributed by atoms with Crippen molar-refractivity contribution in [2.75, 3.05) is 13.2 Å². The Bertz CT molecular complexity index is 254. The van der Waals surface area contributed by atoms with E-state index in [0.29, 0.717) is 6.61 Å². The maximum atomic E-state index is 5.48. The van der Waals surface area contributed by atoms with E-state index in [1.807, 2.05) is 12.1 Å². The van der Waals surface area contributed by atoms with Crippen molar-refractivity contribution >= 4 is 0 Å². The third-order valence-corrected chi connectivity index (χ3v) is 1.66. The zero-order valence-corrected chi connectivity index (χ0v) is 9.08. The average molecular weight is 194 g/mol. The molecule has 0 saturated heterocycles. The largest absolute Gasteiger partial charge is 0.491 e. The molecule has 14 heavy (non-hydrogen) atoms. The van der Waals surface area contributed by atoms with Crippen LogP contribution in [-0.4, -0.2) is 23.7 Å². The molecule has 1 aromatic rings. The fourth-order valence-electron chi connectivity index (χ4n) is 1.03. The Balaban J connectivity index is 2.17. The first kappa shape index (κ1) is 11.0. The second-order valence-electron chi connectivity index (χ2n) is 4.21. The van der Waals surface area contributed by atoms with E-state index in [0.717, 1.165) is 12.3 Å². The number of nitrogens with zero attached hydrogens (tertiary/aromatic N) is 1. The van der Waals surface area contributed by atoms with Gasteiger partial charge in [-0.25, -0.2) is 0 Å². The van der Waals surface area contributed by atoms with Gasteiger partial charge in [0, 0.05) is 18.3 Å². The molecule has 0 unspecified atom stereocenters. The number of ether oxygens (including phenoxy) is 1. The van der Waals surface area contributed by atoms with Crippen LogP contribution in [0.25, 0.3) is 0 Å². The highest BCUT2D eigenvalue weighted by Gasteiger charge is 2.07. The van der Waals surface area contributed by atoms with Gasteiger partial charge in [-0.1, -0.05) is 0 Å². The predicted molar refractivity (Wildman–Crippen MR) is 57.5 cm³/mol. The van der Waals surface area contributed by atoms with E-state index in [2.05, 4.69) is 31.1 Å². The van der Waals surface area contributed by atoms with Gasteiger partial charge in [-0.3, -0.25) is 4.98 Å². The topological polar surface area (TPSA) is 34.1 Å². The van der Waals surface area contributed by atoms with Crippen molar-refractivity contribution < 1.29 is 4.74 Å². The van der Waals surface area contributed by atoms with Crippen molar-refractivity contribution in [3.8, 4) is 5.75 Å². The average Bonchev–Trinajstić information content (AvgIpc) is 2.13. The number of hydrogen-bond donors (Lipinski definition) is 1. The van der Waals surface area contributed by atoms with E-state index in [1.165, 1.54) is 0 Å². The van der Waals surface area contributed by atoms with Gasteiger partial charge in [0.1, 0.15) is 12.4 Å². The van der Waals surface area contributed by atoms with E-state index >= 15 is 0 Å². The van der Waals surface area contributed by atoms with Crippen molar-refractivity contribution in [2.45, 2.75) is 26.3 Å². The third kappa shape index (κ3) is 4.82. The Hall–Kier alpha value is -1.09. The molecule has 1 N–H and O–H groups in total. The Morgan fingerprint density at radius 1 is 1.43 bits per heavy atom. The number of pyridine rings is 1. The number of nitrogens with one attached hydrogen (secondary N) is 1. The molecule has 0 radical (unpaired) electrons. The summed E-state index contributed by atoms with van der Waals surface area (Å²) in [4.78, 5) is 3.97. The lowest BCUT2D eigenvalue weighted by molar-refractivity contribution is 0.290. The fraction of sp³-hybridized carbons (Fsp3) is 0.545. The summed E-state index contributed by atoms with van der Waals surface area (Å²) < 4.78 is 5.48. The molecular weight excluding hydrogens is 176 g/mol. The molecule has 0 aliphatic heterocycles. The summed E-state index contributed by atoms with van der Waals surface area (Å²) in [5.74, 6) is 0.822. The summed E-state index contributed by atoms with van der Waals surface area (Å²) in [6.45, 7) is 7.92. The normalized spacial score (nSPS) is 11.4. The molecule has 1 rings (SSSR count). The van der Waals surface area contributed by atoms with E-state index in [-0.39, 0.29) is 5.54 Å². The van der Waals surface area contributed by atoms with Crippen molar-refractivity contribution in [3.05, 3.63) is 24.5 Å². The van der Waals surface area contributed by atoms with E-state index in [4.69, 9.17) is 4.74 Å². The molecule has 0 fully saturated rings. The van der Waals surface area contributed by atoms with Crippen LogP contribution < -0.4 is 10.1 Å². The first-order valence-electron chi connectivity index (χ1n) is 4.86. The molecule has 78 valence electrons. The number of hydrogen-bond acceptors (Lipinski definition) is 3. The number of rotatable bonds is 4. The van der Waals surface area contributed by atoms with Crippen molar-refractivity contribution in [3.63, 3.8) is 0 Å². The molecule has 0 amide bonds. The zero-order valence-electron chi connectivity index (χ0n) is 9.08. The lowest BCUT2D eigenvalue weighted by atomic mass is 10.1. The van der Waals surface area contributed by atoms with Gasteiger partial charge in [0.2, 0.25) is 0 Å². The maximum absolute atomic E-state index is 5.48. The van der Waals surface area contributed by atoms with Gasteiger partial charge in [-0.15, -0.1) is 0 Å². The fourth-order valence-corrected chi connectivity index (χ4v) is 1.03. The van der Waals surface area contributed by atoms with Gasteiger partial charge in [0.25, 0.3) is 0 Å². The highest BCUT2D eigenvalue weighted by atomic mass is 16.5. The molecule has 0 spiro atoms. The van der Waals surface area contributed by atoms with E-state index in [1.54, 1.807) is 12.4 Å². The van der Waals surface area contributed by atoms with Gasteiger partial charge in [-0.2, -0.15) is 0 Å². The molecule has 3 heteroatoms. The van der Waals surface area contributed by atoms with Crippen LogP contribution in [0.15, 0.2) is 24.5 Å². The van der Waals surface area contributed by atoms with Gasteiger partial charge in [-0.05, 0) is 32.9 Å². The molecule has 1 heterocycles. The molecular formula is C11H18N2O. The quantitative estimate of drug-likeness (QED) is 0.743. The zero-order chi connectivity index (χ0) is 10.4. The second-order valence-corrected chi connectivity index (χ2v) is 4.21. The van der Waals surface area contributed by atoms with Crippen LogP contribution in [0.5, 0.6) is 5.75 Å². The standard InChI is InChI=1S/C11H18N2O/c1-11(2,3)13-7-8-14-10-5-4-6-12-9-10/h4-6,9,13H,7-8H2,1-3H3. The highest BCUT2D eigenvalue weighted by Crippen LogP contribution is 2.05. The Morgan fingerprint density at radius 2 is 2.21 bits per heavy atom. The minimum Gasteiger partial charge on any atom is -0.491 e. The summed E-state index contributed by atoms with van der Waals surface area (Å²) in [7, 11) is 0.